The third-order valence-electron chi connectivity index (χ3n) is 5.08. The number of rotatable bonds is 7. The summed E-state index contributed by atoms with van der Waals surface area (Å²) in [5, 5.41) is 3.18. The second-order valence-electron chi connectivity index (χ2n) is 6.88. The first-order chi connectivity index (χ1) is 12.3. The molecule has 154 valence electrons. The van der Waals surface area contributed by atoms with Gasteiger partial charge in [-0.25, -0.2) is 8.42 Å². The van der Waals surface area contributed by atoms with Crippen LogP contribution in [0, 0.1) is 12.8 Å². The molecule has 1 fully saturated rings. The Morgan fingerprint density at radius 1 is 1.30 bits per heavy atom. The van der Waals surface area contributed by atoms with Gasteiger partial charge in [0.05, 0.1) is 4.90 Å². The molecule has 1 amide bonds. The number of nitrogens with one attached hydrogen (secondary N) is 1. The fourth-order valence-corrected chi connectivity index (χ4v) is 5.06. The number of carbonyl (C=O) groups is 1. The zero-order valence-corrected chi connectivity index (χ0v) is 18.3. The van der Waals surface area contributed by atoms with E-state index in [1.807, 2.05) is 32.7 Å². The van der Waals surface area contributed by atoms with Gasteiger partial charge in [0.25, 0.3) is 5.91 Å². The molecule has 1 saturated heterocycles. The van der Waals surface area contributed by atoms with Crippen LogP contribution in [0.5, 0.6) is 0 Å². The van der Waals surface area contributed by atoms with Gasteiger partial charge in [-0.1, -0.05) is 19.9 Å². The molecule has 1 unspecified atom stereocenters. The van der Waals surface area contributed by atoms with Crippen molar-refractivity contribution < 1.29 is 13.2 Å². The molecule has 1 aliphatic rings. The molecule has 2 rings (SSSR count). The summed E-state index contributed by atoms with van der Waals surface area (Å²) in [6.45, 7) is 8.64. The highest BCUT2D eigenvalue weighted by atomic mass is 35.5. The van der Waals surface area contributed by atoms with E-state index < -0.39 is 10.0 Å². The van der Waals surface area contributed by atoms with Gasteiger partial charge >= 0.3 is 0 Å². The molecule has 0 spiro atoms. The predicted molar refractivity (Wildman–Crippen MR) is 111 cm³/mol. The third-order valence-corrected chi connectivity index (χ3v) is 7.13. The van der Waals surface area contributed by atoms with Gasteiger partial charge in [0, 0.05) is 31.7 Å². The number of likely N-dealkylation sites (tertiary alicyclic amines) is 1. The van der Waals surface area contributed by atoms with E-state index >= 15 is 0 Å². The molecule has 0 radical (unpaired) electrons. The summed E-state index contributed by atoms with van der Waals surface area (Å²) < 4.78 is 27.0. The molecule has 8 heteroatoms. The van der Waals surface area contributed by atoms with E-state index in [0.717, 1.165) is 31.5 Å². The van der Waals surface area contributed by atoms with Crippen LogP contribution >= 0.6 is 12.4 Å². The minimum absolute atomic E-state index is 0. The Hall–Kier alpha value is -1.15. The van der Waals surface area contributed by atoms with Gasteiger partial charge in [-0.2, -0.15) is 4.31 Å². The van der Waals surface area contributed by atoms with E-state index in [1.165, 1.54) is 4.31 Å². The molecule has 0 aromatic heterocycles. The first-order valence-electron chi connectivity index (χ1n) is 9.39. The van der Waals surface area contributed by atoms with Crippen LogP contribution in [-0.4, -0.2) is 63.3 Å². The highest BCUT2D eigenvalue weighted by molar-refractivity contribution is 7.89. The fourth-order valence-electron chi connectivity index (χ4n) is 3.58. The van der Waals surface area contributed by atoms with Crippen molar-refractivity contribution in [3.05, 3.63) is 29.3 Å². The number of halogens is 1. The van der Waals surface area contributed by atoms with Crippen LogP contribution in [0.2, 0.25) is 0 Å². The van der Waals surface area contributed by atoms with Crippen molar-refractivity contribution in [1.29, 1.82) is 0 Å². The predicted octanol–water partition coefficient (Wildman–Crippen LogP) is 2.52. The number of nitrogens with zero attached hydrogens (tertiary/aromatic N) is 2. The standard InChI is InChI=1S/C19H31N3O3S.ClH/c1-5-22(6-2)26(24,25)17-10-9-15(3)18(12-17)19(23)21-11-7-8-16(14-21)13-20-4;/h9-10,12,16,20H,5-8,11,13-14H2,1-4H3;1H. The fraction of sp³-hybridized carbons (Fsp3) is 0.632. The van der Waals surface area contributed by atoms with E-state index in [1.54, 1.807) is 18.2 Å². The van der Waals surface area contributed by atoms with Crippen LogP contribution in [0.4, 0.5) is 0 Å². The second kappa shape index (κ2) is 10.4. The van der Waals surface area contributed by atoms with Crippen molar-refractivity contribution in [1.82, 2.24) is 14.5 Å². The number of hydrogen-bond donors (Lipinski definition) is 1. The molecule has 1 aromatic carbocycles. The van der Waals surface area contributed by atoms with Crippen LogP contribution in [0.15, 0.2) is 23.1 Å². The maximum absolute atomic E-state index is 13.1. The van der Waals surface area contributed by atoms with Gasteiger partial charge in [-0.05, 0) is 57.0 Å². The molecule has 0 bridgehead atoms. The summed E-state index contributed by atoms with van der Waals surface area (Å²) in [6, 6.07) is 4.88. The quantitative estimate of drug-likeness (QED) is 0.740. The molecule has 1 aromatic rings. The van der Waals surface area contributed by atoms with Crippen molar-refractivity contribution in [2.45, 2.75) is 38.5 Å². The third kappa shape index (κ3) is 5.44. The van der Waals surface area contributed by atoms with E-state index in [9.17, 15) is 13.2 Å². The van der Waals surface area contributed by atoms with Crippen LogP contribution in [0.3, 0.4) is 0 Å². The van der Waals surface area contributed by atoms with E-state index in [-0.39, 0.29) is 23.2 Å². The number of amides is 1. The zero-order valence-electron chi connectivity index (χ0n) is 16.7. The Morgan fingerprint density at radius 2 is 1.96 bits per heavy atom. The number of hydrogen-bond acceptors (Lipinski definition) is 4. The maximum atomic E-state index is 13.1. The Labute approximate surface area is 169 Å². The molecular formula is C19H32ClN3O3S. The maximum Gasteiger partial charge on any atom is 0.254 e. The highest BCUT2D eigenvalue weighted by Gasteiger charge is 2.27. The summed E-state index contributed by atoms with van der Waals surface area (Å²) in [7, 11) is -1.65. The Balaban J connectivity index is 0.00000364. The molecule has 0 saturated carbocycles. The lowest BCUT2D eigenvalue weighted by Crippen LogP contribution is -2.42. The van der Waals surface area contributed by atoms with Crippen molar-refractivity contribution >= 4 is 28.3 Å². The lowest BCUT2D eigenvalue weighted by Gasteiger charge is -2.33. The van der Waals surface area contributed by atoms with Crippen molar-refractivity contribution in [3.8, 4) is 0 Å². The van der Waals surface area contributed by atoms with Gasteiger partial charge in [0.1, 0.15) is 0 Å². The smallest absolute Gasteiger partial charge is 0.254 e. The minimum atomic E-state index is -3.57. The average Bonchev–Trinajstić information content (AvgIpc) is 2.62. The van der Waals surface area contributed by atoms with E-state index in [4.69, 9.17) is 0 Å². The van der Waals surface area contributed by atoms with Crippen molar-refractivity contribution in [2.24, 2.45) is 5.92 Å². The first-order valence-corrected chi connectivity index (χ1v) is 10.8. The van der Waals surface area contributed by atoms with Crippen molar-refractivity contribution in [3.63, 3.8) is 0 Å². The molecule has 1 heterocycles. The number of benzene rings is 1. The molecule has 0 aliphatic carbocycles. The van der Waals surface area contributed by atoms with E-state index in [0.29, 0.717) is 31.1 Å². The van der Waals surface area contributed by atoms with Crippen LogP contribution < -0.4 is 5.32 Å². The molecule has 1 N–H and O–H groups in total. The zero-order chi connectivity index (χ0) is 19.3. The van der Waals surface area contributed by atoms with Crippen LogP contribution in [0.1, 0.15) is 42.6 Å². The number of sulfonamides is 1. The number of piperidine rings is 1. The normalized spacial score (nSPS) is 17.7. The van der Waals surface area contributed by atoms with Crippen LogP contribution in [0.25, 0.3) is 0 Å². The summed E-state index contributed by atoms with van der Waals surface area (Å²) in [5.41, 5.74) is 1.30. The summed E-state index contributed by atoms with van der Waals surface area (Å²) in [5.74, 6) is 0.375. The van der Waals surface area contributed by atoms with E-state index in [2.05, 4.69) is 5.32 Å². The lowest BCUT2D eigenvalue weighted by molar-refractivity contribution is 0.0673. The molecule has 6 nitrogen and oxygen atoms in total. The molecule has 1 aliphatic heterocycles. The Bertz CT molecular complexity index is 734. The molecule has 1 atom stereocenters. The monoisotopic (exact) mass is 417 g/mol. The van der Waals surface area contributed by atoms with Gasteiger partial charge in [0.2, 0.25) is 10.0 Å². The topological polar surface area (TPSA) is 69.7 Å². The Morgan fingerprint density at radius 3 is 2.56 bits per heavy atom. The lowest BCUT2D eigenvalue weighted by atomic mass is 9.97. The Kier molecular flexibility index (Phi) is 9.21. The average molecular weight is 418 g/mol. The largest absolute Gasteiger partial charge is 0.338 e. The minimum Gasteiger partial charge on any atom is -0.338 e. The molecular weight excluding hydrogens is 386 g/mol. The van der Waals surface area contributed by atoms with Crippen LogP contribution in [-0.2, 0) is 10.0 Å². The first kappa shape index (κ1) is 23.9. The number of aryl methyl sites for hydroxylation is 1. The molecule has 27 heavy (non-hydrogen) atoms. The summed E-state index contributed by atoms with van der Waals surface area (Å²) >= 11 is 0. The van der Waals surface area contributed by atoms with Crippen molar-refractivity contribution in [2.75, 3.05) is 39.8 Å². The van der Waals surface area contributed by atoms with Gasteiger partial charge < -0.3 is 10.2 Å². The highest BCUT2D eigenvalue weighted by Crippen LogP contribution is 2.23. The SMILES string of the molecule is CCN(CC)S(=O)(=O)c1ccc(C)c(C(=O)N2CCCC(CNC)C2)c1.Cl. The van der Waals surface area contributed by atoms with Gasteiger partial charge in [-0.3, -0.25) is 4.79 Å². The van der Waals surface area contributed by atoms with Gasteiger partial charge in [-0.15, -0.1) is 12.4 Å². The summed E-state index contributed by atoms with van der Waals surface area (Å²) in [4.78, 5) is 15.1. The van der Waals surface area contributed by atoms with Gasteiger partial charge in [0.15, 0.2) is 0 Å². The number of carbonyl (C=O) groups excluding carboxylic acids is 1. The summed E-state index contributed by atoms with van der Waals surface area (Å²) in [6.07, 6.45) is 2.09. The second-order valence-corrected chi connectivity index (χ2v) is 8.82.